The van der Waals surface area contributed by atoms with Crippen LogP contribution in [0.2, 0.25) is 0 Å². The third-order valence-electron chi connectivity index (χ3n) is 4.97. The van der Waals surface area contributed by atoms with Gasteiger partial charge < -0.3 is 10.2 Å². The van der Waals surface area contributed by atoms with Crippen LogP contribution in [0.5, 0.6) is 0 Å². The summed E-state index contributed by atoms with van der Waals surface area (Å²) < 4.78 is 0. The van der Waals surface area contributed by atoms with Gasteiger partial charge in [0.2, 0.25) is 11.8 Å². The number of carbonyl (C=O) groups excluding carboxylic acids is 2. The van der Waals surface area contributed by atoms with Crippen molar-refractivity contribution in [3.05, 3.63) is 66.2 Å². The highest BCUT2D eigenvalue weighted by molar-refractivity contribution is 5.90. The number of carbonyl (C=O) groups is 2. The fraction of sp³-hybridized carbons (Fsp3) is 0.364. The van der Waals surface area contributed by atoms with Gasteiger partial charge in [-0.3, -0.25) is 9.59 Å². The van der Waals surface area contributed by atoms with Crippen LogP contribution in [0.25, 0.3) is 0 Å². The molecule has 1 N–H and O–H groups in total. The molecular weight excluding hydrogens is 324 g/mol. The fourth-order valence-corrected chi connectivity index (χ4v) is 3.41. The minimum Gasteiger partial charge on any atom is -0.342 e. The van der Waals surface area contributed by atoms with Gasteiger partial charge in [-0.2, -0.15) is 0 Å². The minimum absolute atomic E-state index is 0.0233. The Bertz CT molecular complexity index is 715. The number of benzene rings is 2. The first kappa shape index (κ1) is 18.2. The van der Waals surface area contributed by atoms with E-state index < -0.39 is 0 Å². The van der Waals surface area contributed by atoms with E-state index in [0.29, 0.717) is 18.8 Å². The zero-order valence-corrected chi connectivity index (χ0v) is 15.1. The SMILES string of the molecule is O=C(CCC1CCN(CCc2ccccc2)C(=O)C1)Nc1ccccc1. The average molecular weight is 350 g/mol. The van der Waals surface area contributed by atoms with E-state index in [2.05, 4.69) is 17.4 Å². The molecule has 0 aliphatic carbocycles. The molecular formula is C22H26N2O2. The summed E-state index contributed by atoms with van der Waals surface area (Å²) >= 11 is 0. The summed E-state index contributed by atoms with van der Waals surface area (Å²) in [6, 6.07) is 19.8. The standard InChI is InChI=1S/C22H26N2O2/c25-21(23-20-9-5-2-6-10-20)12-11-19-14-16-24(22(26)17-19)15-13-18-7-3-1-4-8-18/h1-10,19H,11-17H2,(H,23,25). The third-order valence-corrected chi connectivity index (χ3v) is 4.97. The lowest BCUT2D eigenvalue weighted by Crippen LogP contribution is -2.40. The second-order valence-corrected chi connectivity index (χ2v) is 6.93. The molecule has 0 saturated carbocycles. The van der Waals surface area contributed by atoms with Crippen molar-refractivity contribution in [1.29, 1.82) is 0 Å². The van der Waals surface area contributed by atoms with Gasteiger partial charge in [0.15, 0.2) is 0 Å². The van der Waals surface area contributed by atoms with Crippen LogP contribution in [0, 0.1) is 5.92 Å². The lowest BCUT2D eigenvalue weighted by atomic mass is 9.91. The molecule has 0 radical (unpaired) electrons. The van der Waals surface area contributed by atoms with Crippen LogP contribution in [-0.2, 0) is 16.0 Å². The second-order valence-electron chi connectivity index (χ2n) is 6.93. The van der Waals surface area contributed by atoms with Crippen molar-refractivity contribution in [3.8, 4) is 0 Å². The summed E-state index contributed by atoms with van der Waals surface area (Å²) in [6.45, 7) is 1.58. The van der Waals surface area contributed by atoms with Gasteiger partial charge in [0.25, 0.3) is 0 Å². The highest BCUT2D eigenvalue weighted by atomic mass is 16.2. The molecule has 0 bridgehead atoms. The molecule has 4 nitrogen and oxygen atoms in total. The van der Waals surface area contributed by atoms with Crippen LogP contribution in [-0.4, -0.2) is 29.8 Å². The zero-order valence-electron chi connectivity index (χ0n) is 15.1. The Kier molecular flexibility index (Phi) is 6.42. The number of piperidine rings is 1. The number of likely N-dealkylation sites (tertiary alicyclic amines) is 1. The summed E-state index contributed by atoms with van der Waals surface area (Å²) in [4.78, 5) is 26.4. The van der Waals surface area contributed by atoms with Gasteiger partial charge in [-0.25, -0.2) is 0 Å². The largest absolute Gasteiger partial charge is 0.342 e. The Hall–Kier alpha value is -2.62. The number of hydrogen-bond acceptors (Lipinski definition) is 2. The van der Waals surface area contributed by atoms with Crippen LogP contribution in [0.4, 0.5) is 5.69 Å². The Morgan fingerprint density at radius 1 is 1.04 bits per heavy atom. The maximum atomic E-state index is 12.4. The maximum Gasteiger partial charge on any atom is 0.224 e. The first-order valence-electron chi connectivity index (χ1n) is 9.37. The molecule has 1 saturated heterocycles. The van der Waals surface area contributed by atoms with E-state index in [1.54, 1.807) is 0 Å². The average Bonchev–Trinajstić information content (AvgIpc) is 2.67. The Morgan fingerprint density at radius 3 is 2.42 bits per heavy atom. The highest BCUT2D eigenvalue weighted by Gasteiger charge is 2.25. The van der Waals surface area contributed by atoms with Gasteiger partial charge in [-0.1, -0.05) is 48.5 Å². The van der Waals surface area contributed by atoms with Crippen molar-refractivity contribution in [3.63, 3.8) is 0 Å². The van der Waals surface area contributed by atoms with Crippen LogP contribution in [0.15, 0.2) is 60.7 Å². The summed E-state index contributed by atoms with van der Waals surface area (Å²) in [5, 5.41) is 2.91. The Labute approximate surface area is 155 Å². The van der Waals surface area contributed by atoms with Crippen molar-refractivity contribution in [2.45, 2.75) is 32.1 Å². The van der Waals surface area contributed by atoms with Crippen molar-refractivity contribution in [2.75, 3.05) is 18.4 Å². The van der Waals surface area contributed by atoms with Crippen LogP contribution >= 0.6 is 0 Å². The molecule has 1 fully saturated rings. The van der Waals surface area contributed by atoms with Gasteiger partial charge >= 0.3 is 0 Å². The van der Waals surface area contributed by atoms with Crippen molar-refractivity contribution in [2.24, 2.45) is 5.92 Å². The molecule has 26 heavy (non-hydrogen) atoms. The van der Waals surface area contributed by atoms with E-state index in [1.807, 2.05) is 53.4 Å². The lowest BCUT2D eigenvalue weighted by Gasteiger charge is -2.31. The zero-order chi connectivity index (χ0) is 18.2. The van der Waals surface area contributed by atoms with E-state index in [4.69, 9.17) is 0 Å². The summed E-state index contributed by atoms with van der Waals surface area (Å²) in [6.07, 6.45) is 3.69. The molecule has 2 amide bonds. The maximum absolute atomic E-state index is 12.4. The molecule has 1 heterocycles. The molecule has 1 unspecified atom stereocenters. The Balaban J connectivity index is 1.38. The quantitative estimate of drug-likeness (QED) is 0.824. The third kappa shape index (κ3) is 5.45. The molecule has 2 aromatic carbocycles. The van der Waals surface area contributed by atoms with E-state index in [1.165, 1.54) is 5.56 Å². The molecule has 1 aliphatic rings. The van der Waals surface area contributed by atoms with Crippen molar-refractivity contribution < 1.29 is 9.59 Å². The van der Waals surface area contributed by atoms with Gasteiger partial charge in [-0.15, -0.1) is 0 Å². The first-order chi connectivity index (χ1) is 12.7. The van der Waals surface area contributed by atoms with E-state index in [0.717, 1.165) is 38.0 Å². The van der Waals surface area contributed by atoms with Crippen LogP contribution in [0.3, 0.4) is 0 Å². The van der Waals surface area contributed by atoms with E-state index >= 15 is 0 Å². The second kappa shape index (κ2) is 9.18. The summed E-state index contributed by atoms with van der Waals surface area (Å²) in [5.41, 5.74) is 2.09. The molecule has 4 heteroatoms. The molecule has 0 spiro atoms. The molecule has 136 valence electrons. The minimum atomic E-state index is 0.0233. The first-order valence-corrected chi connectivity index (χ1v) is 9.37. The predicted octanol–water partition coefficient (Wildman–Crippen LogP) is 3.89. The molecule has 1 aliphatic heterocycles. The topological polar surface area (TPSA) is 49.4 Å². The number of rotatable bonds is 7. The number of hydrogen-bond donors (Lipinski definition) is 1. The monoisotopic (exact) mass is 350 g/mol. The fourth-order valence-electron chi connectivity index (χ4n) is 3.41. The molecule has 2 aromatic rings. The Morgan fingerprint density at radius 2 is 1.73 bits per heavy atom. The van der Waals surface area contributed by atoms with E-state index in [-0.39, 0.29) is 11.8 Å². The lowest BCUT2D eigenvalue weighted by molar-refractivity contribution is -0.135. The summed E-state index contributed by atoms with van der Waals surface area (Å²) in [7, 11) is 0. The van der Waals surface area contributed by atoms with Gasteiger partial charge in [0.05, 0.1) is 0 Å². The van der Waals surface area contributed by atoms with Crippen molar-refractivity contribution >= 4 is 17.5 Å². The highest BCUT2D eigenvalue weighted by Crippen LogP contribution is 2.23. The number of amides is 2. The normalized spacial score (nSPS) is 17.2. The number of nitrogens with zero attached hydrogens (tertiary/aromatic N) is 1. The molecule has 0 aromatic heterocycles. The number of nitrogens with one attached hydrogen (secondary N) is 1. The smallest absolute Gasteiger partial charge is 0.224 e. The predicted molar refractivity (Wildman–Crippen MR) is 104 cm³/mol. The van der Waals surface area contributed by atoms with Crippen molar-refractivity contribution in [1.82, 2.24) is 4.90 Å². The van der Waals surface area contributed by atoms with Gasteiger partial charge in [0.1, 0.15) is 0 Å². The molecule has 3 rings (SSSR count). The van der Waals surface area contributed by atoms with Gasteiger partial charge in [0, 0.05) is 31.6 Å². The van der Waals surface area contributed by atoms with E-state index in [9.17, 15) is 9.59 Å². The number of para-hydroxylation sites is 1. The summed E-state index contributed by atoms with van der Waals surface area (Å²) in [5.74, 6) is 0.563. The molecule has 1 atom stereocenters. The number of anilines is 1. The van der Waals surface area contributed by atoms with Crippen LogP contribution in [0.1, 0.15) is 31.2 Å². The van der Waals surface area contributed by atoms with Crippen LogP contribution < -0.4 is 5.32 Å². The van der Waals surface area contributed by atoms with Gasteiger partial charge in [-0.05, 0) is 42.9 Å².